The number of nitrogens with two attached hydrogens (primary N) is 1. The number of imidazole rings is 1. The smallest absolute Gasteiger partial charge is 0.358 e. The number of pyridine rings is 1. The van der Waals surface area contributed by atoms with E-state index in [0.29, 0.717) is 39.5 Å². The van der Waals surface area contributed by atoms with Gasteiger partial charge in [-0.2, -0.15) is 0 Å². The summed E-state index contributed by atoms with van der Waals surface area (Å²) in [5, 5.41) is 0.298. The Labute approximate surface area is 263 Å². The van der Waals surface area contributed by atoms with Crippen molar-refractivity contribution < 1.29 is 14.1 Å². The number of piperidine rings is 1. The summed E-state index contributed by atoms with van der Waals surface area (Å²) in [7, 11) is 1.34. The van der Waals surface area contributed by atoms with Gasteiger partial charge in [0.15, 0.2) is 11.3 Å². The van der Waals surface area contributed by atoms with Gasteiger partial charge in [-0.25, -0.2) is 19.7 Å². The molecule has 1 aliphatic heterocycles. The fourth-order valence-corrected chi connectivity index (χ4v) is 8.19. The number of halogens is 1. The van der Waals surface area contributed by atoms with Crippen LogP contribution < -0.4 is 15.4 Å². The summed E-state index contributed by atoms with van der Waals surface area (Å²) in [6.45, 7) is 7.38. The number of hydrogen-bond donors (Lipinski definition) is 2. The molecular formula is C30H34ClN7O3S2. The second-order valence-corrected chi connectivity index (χ2v) is 15.4. The van der Waals surface area contributed by atoms with E-state index in [2.05, 4.69) is 43.9 Å². The summed E-state index contributed by atoms with van der Waals surface area (Å²) < 4.78 is 23.5. The van der Waals surface area contributed by atoms with Crippen LogP contribution in [0, 0.1) is 5.41 Å². The van der Waals surface area contributed by atoms with Gasteiger partial charge in [-0.3, -0.25) is 4.40 Å². The van der Waals surface area contributed by atoms with Gasteiger partial charge in [0, 0.05) is 53.4 Å². The van der Waals surface area contributed by atoms with Crippen molar-refractivity contribution in [2.75, 3.05) is 30.8 Å². The molecule has 1 aliphatic carbocycles. The molecule has 2 aliphatic rings. The fourth-order valence-electron chi connectivity index (χ4n) is 6.00. The van der Waals surface area contributed by atoms with Gasteiger partial charge in [-0.15, -0.1) is 4.72 Å². The Morgan fingerprint density at radius 3 is 2.67 bits per heavy atom. The van der Waals surface area contributed by atoms with Crippen molar-refractivity contribution in [3.8, 4) is 0 Å². The van der Waals surface area contributed by atoms with Crippen molar-refractivity contribution in [3.05, 3.63) is 70.8 Å². The Bertz CT molecular complexity index is 1680. The number of aromatic nitrogens is 4. The van der Waals surface area contributed by atoms with Crippen LogP contribution in [-0.4, -0.2) is 54.8 Å². The third kappa shape index (κ3) is 5.44. The van der Waals surface area contributed by atoms with Crippen LogP contribution in [0.1, 0.15) is 61.3 Å². The Morgan fingerprint density at radius 1 is 1.21 bits per heavy atom. The molecular weight excluding hydrogens is 606 g/mol. The molecule has 1 aromatic carbocycles. The zero-order valence-electron chi connectivity index (χ0n) is 24.5. The first-order valence-electron chi connectivity index (χ1n) is 14.1. The van der Waals surface area contributed by atoms with E-state index in [9.17, 15) is 9.35 Å². The number of esters is 1. The van der Waals surface area contributed by atoms with Crippen molar-refractivity contribution in [3.63, 3.8) is 0 Å². The maximum atomic E-state index is 13.3. The average Bonchev–Trinajstić information content (AvgIpc) is 3.59. The lowest BCUT2D eigenvalue weighted by atomic mass is 9.73. The SMILES string of the molecule is COC(=O)c1nc(N2CCC3(CC2)Cc2ccccc2[C@H]3N[S+]([O-])C(C)(C)C)n2ccnc2c1Sc1ccnc(N)c1Cl. The van der Waals surface area contributed by atoms with Crippen LogP contribution in [0.5, 0.6) is 0 Å². The normalized spacial score (nSPS) is 18.7. The number of fused-ring (bicyclic) bond motifs is 2. The lowest BCUT2D eigenvalue weighted by Crippen LogP contribution is -2.50. The number of ether oxygens (including phenoxy) is 1. The Balaban J connectivity index is 1.34. The Hall–Kier alpha value is -3.03. The van der Waals surface area contributed by atoms with Crippen molar-refractivity contribution in [1.29, 1.82) is 0 Å². The van der Waals surface area contributed by atoms with E-state index in [0.717, 1.165) is 19.3 Å². The molecule has 13 heteroatoms. The van der Waals surface area contributed by atoms with Gasteiger partial charge < -0.3 is 19.9 Å². The lowest BCUT2D eigenvalue weighted by Gasteiger charge is -2.44. The Kier molecular flexibility index (Phi) is 8.01. The minimum Gasteiger partial charge on any atom is -0.598 e. The first-order valence-corrected chi connectivity index (χ1v) is 16.4. The minimum absolute atomic E-state index is 0.0194. The number of nitrogens with zero attached hydrogens (tertiary/aromatic N) is 5. The summed E-state index contributed by atoms with van der Waals surface area (Å²) >= 11 is 6.48. The third-order valence-electron chi connectivity index (χ3n) is 8.30. The van der Waals surface area contributed by atoms with Crippen molar-refractivity contribution in [2.45, 2.75) is 60.6 Å². The number of carbonyl (C=O) groups excluding carboxylic acids is 1. The third-order valence-corrected chi connectivity index (χ3v) is 11.5. The molecule has 0 radical (unpaired) electrons. The monoisotopic (exact) mass is 639 g/mol. The average molecular weight is 640 g/mol. The van der Waals surface area contributed by atoms with Gasteiger partial charge in [0.2, 0.25) is 5.95 Å². The van der Waals surface area contributed by atoms with Gasteiger partial charge in [0.05, 0.1) is 23.1 Å². The van der Waals surface area contributed by atoms with E-state index in [-0.39, 0.29) is 27.7 Å². The number of anilines is 2. The predicted molar refractivity (Wildman–Crippen MR) is 170 cm³/mol. The maximum Gasteiger partial charge on any atom is 0.358 e. The molecule has 43 heavy (non-hydrogen) atoms. The van der Waals surface area contributed by atoms with Gasteiger partial charge in [-0.1, -0.05) is 47.6 Å². The molecule has 4 heterocycles. The quantitative estimate of drug-likeness (QED) is 0.213. The van der Waals surface area contributed by atoms with E-state index in [1.807, 2.05) is 31.4 Å². The topological polar surface area (TPSA) is 134 Å². The van der Waals surface area contributed by atoms with Gasteiger partial charge in [0.25, 0.3) is 0 Å². The largest absolute Gasteiger partial charge is 0.598 e. The zero-order valence-corrected chi connectivity index (χ0v) is 26.9. The number of benzene rings is 1. The molecule has 2 atom stereocenters. The summed E-state index contributed by atoms with van der Waals surface area (Å²) in [5.41, 5.74) is 9.10. The summed E-state index contributed by atoms with van der Waals surface area (Å²) in [6, 6.07) is 10.2. The van der Waals surface area contributed by atoms with Gasteiger partial charge in [0.1, 0.15) is 10.6 Å². The summed E-state index contributed by atoms with van der Waals surface area (Å²) in [5.74, 6) is 0.248. The molecule has 10 nitrogen and oxygen atoms in total. The summed E-state index contributed by atoms with van der Waals surface area (Å²) in [6.07, 6.45) is 7.73. The van der Waals surface area contributed by atoms with E-state index in [1.165, 1.54) is 30.0 Å². The molecule has 3 N–H and O–H groups in total. The number of nitrogens with one attached hydrogen (secondary N) is 1. The molecule has 0 saturated carbocycles. The molecule has 1 fully saturated rings. The number of methoxy groups -OCH3 is 1. The number of rotatable bonds is 6. The molecule has 3 aromatic heterocycles. The highest BCUT2D eigenvalue weighted by molar-refractivity contribution is 7.99. The maximum absolute atomic E-state index is 13.3. The van der Waals surface area contributed by atoms with Crippen LogP contribution >= 0.6 is 23.4 Å². The molecule has 0 bridgehead atoms. The Morgan fingerprint density at radius 2 is 1.95 bits per heavy atom. The van der Waals surface area contributed by atoms with E-state index < -0.39 is 17.3 Å². The first-order chi connectivity index (χ1) is 20.5. The predicted octanol–water partition coefficient (Wildman–Crippen LogP) is 5.23. The van der Waals surface area contributed by atoms with Crippen LogP contribution in [0.4, 0.5) is 11.8 Å². The van der Waals surface area contributed by atoms with E-state index >= 15 is 0 Å². The summed E-state index contributed by atoms with van der Waals surface area (Å²) in [4.78, 5) is 29.9. The number of carbonyl (C=O) groups is 1. The van der Waals surface area contributed by atoms with Crippen molar-refractivity contribution in [1.82, 2.24) is 24.1 Å². The van der Waals surface area contributed by atoms with Gasteiger partial charge in [-0.05, 0) is 57.2 Å². The second kappa shape index (κ2) is 11.5. The molecule has 1 spiro atoms. The van der Waals surface area contributed by atoms with Crippen LogP contribution in [0.15, 0.2) is 58.7 Å². The molecule has 4 aromatic rings. The van der Waals surface area contributed by atoms with Crippen molar-refractivity contribution >= 4 is 58.1 Å². The van der Waals surface area contributed by atoms with Gasteiger partial charge >= 0.3 is 5.97 Å². The molecule has 1 unspecified atom stereocenters. The zero-order chi connectivity index (χ0) is 30.5. The first kappa shape index (κ1) is 30.0. The highest BCUT2D eigenvalue weighted by Crippen LogP contribution is 2.53. The molecule has 0 amide bonds. The van der Waals surface area contributed by atoms with Crippen molar-refractivity contribution in [2.24, 2.45) is 5.41 Å². The van der Waals surface area contributed by atoms with Crippen LogP contribution in [-0.2, 0) is 22.5 Å². The van der Waals surface area contributed by atoms with E-state index in [1.54, 1.807) is 18.5 Å². The van der Waals surface area contributed by atoms with Crippen LogP contribution in [0.25, 0.3) is 5.65 Å². The van der Waals surface area contributed by atoms with Crippen LogP contribution in [0.2, 0.25) is 5.02 Å². The lowest BCUT2D eigenvalue weighted by molar-refractivity contribution is 0.0589. The standard InChI is InChI=1S/C30H34ClN7O3S2/c1-29(2,3)43(40)36-24-19-8-6-5-7-18(19)17-30(24)10-14-37(15-11-30)28-35-22(27(39)41-4)23(26-34-13-16-38(26)28)42-20-9-12-33-25(32)21(20)31/h5-9,12-13,16,24,36H,10-11,14-15,17H2,1-4H3,(H2,32,33)/t24-,43?/m1/s1. The van der Waals surface area contributed by atoms with Crippen LogP contribution in [0.3, 0.4) is 0 Å². The highest BCUT2D eigenvalue weighted by Gasteiger charge is 2.50. The number of hydrogen-bond acceptors (Lipinski definition) is 10. The second-order valence-electron chi connectivity index (χ2n) is 12.0. The minimum atomic E-state index is -1.22. The highest BCUT2D eigenvalue weighted by atomic mass is 35.5. The fraction of sp³-hybridized carbons (Fsp3) is 0.400. The number of nitrogen functional groups attached to an aromatic ring is 1. The molecule has 226 valence electrons. The van der Waals surface area contributed by atoms with E-state index in [4.69, 9.17) is 27.1 Å². The molecule has 6 rings (SSSR count). The molecule has 1 saturated heterocycles.